The summed E-state index contributed by atoms with van der Waals surface area (Å²) in [7, 11) is 0. The lowest BCUT2D eigenvalue weighted by Gasteiger charge is -2.28. The van der Waals surface area contributed by atoms with Crippen molar-refractivity contribution in [3.8, 4) is 0 Å². The lowest BCUT2D eigenvalue weighted by atomic mass is 9.77. The number of ether oxygens (including phenoxy) is 2. The van der Waals surface area contributed by atoms with Gasteiger partial charge in [0, 0.05) is 12.3 Å². The van der Waals surface area contributed by atoms with Gasteiger partial charge in [0.05, 0.1) is 19.1 Å². The molecule has 0 aromatic carbocycles. The zero-order valence-corrected chi connectivity index (χ0v) is 18.9. The van der Waals surface area contributed by atoms with Crippen molar-refractivity contribution in [1.82, 2.24) is 0 Å². The van der Waals surface area contributed by atoms with Crippen molar-refractivity contribution in [3.05, 3.63) is 24.3 Å². The Morgan fingerprint density at radius 3 is 2.38 bits per heavy atom. The summed E-state index contributed by atoms with van der Waals surface area (Å²) in [5, 5.41) is 0. The number of esters is 2. The maximum absolute atomic E-state index is 12.4. The maximum atomic E-state index is 12.4. The lowest BCUT2D eigenvalue weighted by molar-refractivity contribution is -0.149. The maximum Gasteiger partial charge on any atom is 0.309 e. The van der Waals surface area contributed by atoms with Crippen LogP contribution >= 0.6 is 0 Å². The van der Waals surface area contributed by atoms with Gasteiger partial charge in [0.15, 0.2) is 0 Å². The van der Waals surface area contributed by atoms with E-state index < -0.39 is 0 Å². The third-order valence-corrected chi connectivity index (χ3v) is 5.56. The normalized spacial score (nSPS) is 21.4. The van der Waals surface area contributed by atoms with E-state index in [2.05, 4.69) is 31.2 Å². The molecule has 4 nitrogen and oxygen atoms in total. The number of rotatable bonds is 15. The molecule has 0 amide bonds. The number of allylic oxidation sites excluding steroid dienone is 4. The number of carbonyl (C=O) groups excluding carboxylic acids is 2. The zero-order valence-electron chi connectivity index (χ0n) is 18.9. The lowest BCUT2D eigenvalue weighted by Crippen LogP contribution is -2.29. The highest BCUT2D eigenvalue weighted by Crippen LogP contribution is 2.33. The first-order valence-corrected chi connectivity index (χ1v) is 11.8. The highest BCUT2D eigenvalue weighted by molar-refractivity contribution is 5.73. The molecule has 0 spiro atoms. The SMILES string of the molecule is CCCC[C@H]1C=C[C@@H](/C=C/CCCCCCCC(=O)OCC)[C@@H](C(=O)OCC)C1. The van der Waals surface area contributed by atoms with E-state index in [9.17, 15) is 9.59 Å². The fraction of sp³-hybridized carbons (Fsp3) is 0.760. The quantitative estimate of drug-likeness (QED) is 0.179. The molecule has 4 heteroatoms. The van der Waals surface area contributed by atoms with Crippen LogP contribution in [0.5, 0.6) is 0 Å². The standard InChI is InChI=1S/C25H42O4/c1-4-7-15-21-18-19-22(23(20-21)25(27)29-6-3)16-13-11-9-8-10-12-14-17-24(26)28-5-2/h13,16,18-19,21-23H,4-12,14-15,17,20H2,1-3H3/b16-13+/t21-,22+,23-/m0/s1. The van der Waals surface area contributed by atoms with Crippen LogP contribution in [0.15, 0.2) is 24.3 Å². The third-order valence-electron chi connectivity index (χ3n) is 5.56. The minimum atomic E-state index is -0.0796. The zero-order chi connectivity index (χ0) is 21.3. The fourth-order valence-corrected chi connectivity index (χ4v) is 3.91. The topological polar surface area (TPSA) is 52.6 Å². The van der Waals surface area contributed by atoms with E-state index in [4.69, 9.17) is 9.47 Å². The molecule has 0 saturated heterocycles. The van der Waals surface area contributed by atoms with Crippen LogP contribution in [0.4, 0.5) is 0 Å². The van der Waals surface area contributed by atoms with Crippen molar-refractivity contribution in [2.45, 2.75) is 91.4 Å². The van der Waals surface area contributed by atoms with Gasteiger partial charge in [-0.3, -0.25) is 9.59 Å². The van der Waals surface area contributed by atoms with Crippen LogP contribution in [-0.4, -0.2) is 25.2 Å². The first-order valence-electron chi connectivity index (χ1n) is 11.8. The molecule has 0 N–H and O–H groups in total. The molecule has 0 radical (unpaired) electrons. The largest absolute Gasteiger partial charge is 0.466 e. The molecular weight excluding hydrogens is 364 g/mol. The van der Waals surface area contributed by atoms with Crippen LogP contribution in [0, 0.1) is 17.8 Å². The monoisotopic (exact) mass is 406 g/mol. The van der Waals surface area contributed by atoms with Gasteiger partial charge >= 0.3 is 11.9 Å². The van der Waals surface area contributed by atoms with E-state index in [1.54, 1.807) is 0 Å². The minimum absolute atomic E-state index is 0.0408. The van der Waals surface area contributed by atoms with Crippen LogP contribution in [0.3, 0.4) is 0 Å². The molecule has 0 aromatic heterocycles. The molecule has 0 bridgehead atoms. The molecule has 1 aliphatic carbocycles. The Labute approximate surface area is 178 Å². The molecule has 0 aromatic rings. The fourth-order valence-electron chi connectivity index (χ4n) is 3.91. The summed E-state index contributed by atoms with van der Waals surface area (Å²) >= 11 is 0. The molecule has 0 heterocycles. The van der Waals surface area contributed by atoms with Gasteiger partial charge in [0.2, 0.25) is 0 Å². The van der Waals surface area contributed by atoms with E-state index >= 15 is 0 Å². The van der Waals surface area contributed by atoms with Crippen molar-refractivity contribution >= 4 is 11.9 Å². The van der Waals surface area contributed by atoms with E-state index in [0.29, 0.717) is 25.6 Å². The molecule has 1 rings (SSSR count). The second-order valence-electron chi connectivity index (χ2n) is 8.00. The van der Waals surface area contributed by atoms with E-state index in [0.717, 1.165) is 44.9 Å². The first-order chi connectivity index (χ1) is 14.1. The van der Waals surface area contributed by atoms with Crippen molar-refractivity contribution in [2.24, 2.45) is 17.8 Å². The highest BCUT2D eigenvalue weighted by Gasteiger charge is 2.31. The van der Waals surface area contributed by atoms with Gasteiger partial charge in [0.1, 0.15) is 0 Å². The summed E-state index contributed by atoms with van der Waals surface area (Å²) in [6.07, 6.45) is 20.5. The molecule has 0 unspecified atom stereocenters. The van der Waals surface area contributed by atoms with Gasteiger partial charge in [-0.05, 0) is 51.9 Å². The van der Waals surface area contributed by atoms with Crippen molar-refractivity contribution in [1.29, 1.82) is 0 Å². The average molecular weight is 407 g/mol. The van der Waals surface area contributed by atoms with E-state index in [1.807, 2.05) is 13.8 Å². The summed E-state index contributed by atoms with van der Waals surface area (Å²) in [4.78, 5) is 23.7. The highest BCUT2D eigenvalue weighted by atomic mass is 16.5. The summed E-state index contributed by atoms with van der Waals surface area (Å²) in [5.74, 6) is 0.500. The first kappa shape index (κ1) is 25.5. The number of hydrogen-bond donors (Lipinski definition) is 0. The molecule has 0 aliphatic heterocycles. The Bertz CT molecular complexity index is 509. The average Bonchev–Trinajstić information content (AvgIpc) is 2.71. The molecule has 0 fully saturated rings. The molecule has 29 heavy (non-hydrogen) atoms. The van der Waals surface area contributed by atoms with Crippen LogP contribution in [0.1, 0.15) is 91.4 Å². The summed E-state index contributed by atoms with van der Waals surface area (Å²) < 4.78 is 10.3. The Hall–Kier alpha value is -1.58. The van der Waals surface area contributed by atoms with Gasteiger partial charge in [-0.25, -0.2) is 0 Å². The van der Waals surface area contributed by atoms with Crippen LogP contribution in [0.25, 0.3) is 0 Å². The molecular formula is C25H42O4. The Morgan fingerprint density at radius 1 is 0.931 bits per heavy atom. The second-order valence-corrected chi connectivity index (χ2v) is 8.00. The third kappa shape index (κ3) is 11.3. The van der Waals surface area contributed by atoms with Crippen molar-refractivity contribution < 1.29 is 19.1 Å². The second kappa shape index (κ2) is 16.2. The van der Waals surface area contributed by atoms with Gasteiger partial charge in [-0.15, -0.1) is 0 Å². The van der Waals surface area contributed by atoms with Crippen molar-refractivity contribution in [3.63, 3.8) is 0 Å². The van der Waals surface area contributed by atoms with Gasteiger partial charge in [-0.1, -0.05) is 63.3 Å². The minimum Gasteiger partial charge on any atom is -0.466 e. The Morgan fingerprint density at radius 2 is 1.66 bits per heavy atom. The number of carbonyl (C=O) groups is 2. The Kier molecular flexibility index (Phi) is 14.3. The predicted molar refractivity (Wildman–Crippen MR) is 118 cm³/mol. The Balaban J connectivity index is 2.32. The molecule has 1 aliphatic rings. The molecule has 3 atom stereocenters. The van der Waals surface area contributed by atoms with Crippen LogP contribution in [-0.2, 0) is 19.1 Å². The summed E-state index contributed by atoms with van der Waals surface area (Å²) in [6.45, 7) is 6.85. The van der Waals surface area contributed by atoms with Crippen LogP contribution < -0.4 is 0 Å². The van der Waals surface area contributed by atoms with Gasteiger partial charge in [-0.2, -0.15) is 0 Å². The number of hydrogen-bond acceptors (Lipinski definition) is 4. The molecule has 0 saturated carbocycles. The van der Waals surface area contributed by atoms with Crippen LogP contribution in [0.2, 0.25) is 0 Å². The van der Waals surface area contributed by atoms with Gasteiger partial charge in [0.25, 0.3) is 0 Å². The predicted octanol–water partition coefficient (Wildman–Crippen LogP) is 6.40. The van der Waals surface area contributed by atoms with Crippen molar-refractivity contribution in [2.75, 3.05) is 13.2 Å². The molecule has 166 valence electrons. The van der Waals surface area contributed by atoms with E-state index in [-0.39, 0.29) is 23.8 Å². The summed E-state index contributed by atoms with van der Waals surface area (Å²) in [6, 6.07) is 0. The van der Waals surface area contributed by atoms with Gasteiger partial charge < -0.3 is 9.47 Å². The summed E-state index contributed by atoms with van der Waals surface area (Å²) in [5.41, 5.74) is 0. The number of unbranched alkanes of at least 4 members (excludes halogenated alkanes) is 6. The van der Waals surface area contributed by atoms with E-state index in [1.165, 1.54) is 19.3 Å². The smallest absolute Gasteiger partial charge is 0.309 e.